The Balaban J connectivity index is 2.89. The minimum Gasteiger partial charge on any atom is -0.469 e. The summed E-state index contributed by atoms with van der Waals surface area (Å²) >= 11 is 0. The molecule has 0 aromatic rings. The monoisotopic (exact) mass is 249 g/mol. The normalized spacial score (nSPS) is 27.3. The quantitative estimate of drug-likeness (QED) is 0.682. The van der Waals surface area contributed by atoms with Crippen molar-refractivity contribution in [1.29, 1.82) is 0 Å². The highest BCUT2D eigenvalue weighted by atomic mass is 32.2. The molecule has 0 N–H and O–H groups in total. The maximum Gasteiger partial charge on any atom is 0.310 e. The van der Waals surface area contributed by atoms with E-state index >= 15 is 0 Å². The summed E-state index contributed by atoms with van der Waals surface area (Å²) in [5, 5.41) is 0. The third-order valence-corrected chi connectivity index (χ3v) is 4.30. The Morgan fingerprint density at radius 1 is 1.44 bits per heavy atom. The van der Waals surface area contributed by atoms with Gasteiger partial charge in [-0.15, -0.1) is 0 Å². The molecule has 5 nitrogen and oxygen atoms in total. The largest absolute Gasteiger partial charge is 0.469 e. The molecule has 0 aromatic carbocycles. The molecule has 16 heavy (non-hydrogen) atoms. The Bertz CT molecular complexity index is 363. The second-order valence-electron chi connectivity index (χ2n) is 4.60. The van der Waals surface area contributed by atoms with Gasteiger partial charge in [-0.3, -0.25) is 4.79 Å². The second-order valence-corrected chi connectivity index (χ2v) is 6.53. The molecule has 0 spiro atoms. The zero-order chi connectivity index (χ0) is 12.5. The molecule has 1 heterocycles. The fourth-order valence-corrected chi connectivity index (χ4v) is 3.43. The molecule has 6 heteroatoms. The molecule has 1 saturated heterocycles. The minimum atomic E-state index is -3.25. The molecular formula is C10H19NO4S. The van der Waals surface area contributed by atoms with Crippen LogP contribution in [0.15, 0.2) is 0 Å². The average Bonchev–Trinajstić information content (AvgIpc) is 2.60. The van der Waals surface area contributed by atoms with Crippen molar-refractivity contribution in [1.82, 2.24) is 4.31 Å². The first-order chi connectivity index (χ1) is 7.27. The zero-order valence-corrected chi connectivity index (χ0v) is 11.0. The van der Waals surface area contributed by atoms with Gasteiger partial charge in [0, 0.05) is 12.6 Å². The van der Waals surface area contributed by atoms with Crippen LogP contribution in [0.4, 0.5) is 0 Å². The summed E-state index contributed by atoms with van der Waals surface area (Å²) in [5.74, 6) is -0.451. The van der Waals surface area contributed by atoms with E-state index in [2.05, 4.69) is 4.74 Å². The van der Waals surface area contributed by atoms with Crippen molar-refractivity contribution in [2.24, 2.45) is 11.8 Å². The van der Waals surface area contributed by atoms with E-state index in [1.807, 2.05) is 13.8 Å². The maximum atomic E-state index is 11.6. The number of esters is 1. The van der Waals surface area contributed by atoms with E-state index in [1.54, 1.807) is 0 Å². The van der Waals surface area contributed by atoms with Gasteiger partial charge in [0.05, 0.1) is 19.3 Å². The molecule has 0 radical (unpaired) electrons. The van der Waals surface area contributed by atoms with Gasteiger partial charge in [-0.25, -0.2) is 8.42 Å². The number of nitrogens with zero attached hydrogens (tertiary/aromatic N) is 1. The van der Waals surface area contributed by atoms with Crippen LogP contribution < -0.4 is 0 Å². The van der Waals surface area contributed by atoms with Gasteiger partial charge >= 0.3 is 5.97 Å². The standard InChI is InChI=1S/C10H19NO4S/c1-7(2)9-5-8(10(12)15-3)6-11(9)16(4,13)14/h7-9H,5-6H2,1-4H3/t8-,9+/m1/s1. The lowest BCUT2D eigenvalue weighted by atomic mass is 9.98. The van der Waals surface area contributed by atoms with Crippen LogP contribution in [0.25, 0.3) is 0 Å². The number of carbonyl (C=O) groups is 1. The Morgan fingerprint density at radius 3 is 2.31 bits per heavy atom. The number of hydrogen-bond donors (Lipinski definition) is 0. The summed E-state index contributed by atoms with van der Waals surface area (Å²) in [6.45, 7) is 4.17. The van der Waals surface area contributed by atoms with Crippen LogP contribution in [-0.2, 0) is 19.6 Å². The Morgan fingerprint density at radius 2 is 2.00 bits per heavy atom. The predicted molar refractivity (Wildman–Crippen MR) is 60.3 cm³/mol. The van der Waals surface area contributed by atoms with Gasteiger partial charge in [-0.05, 0) is 12.3 Å². The van der Waals surface area contributed by atoms with Gasteiger partial charge in [0.2, 0.25) is 10.0 Å². The van der Waals surface area contributed by atoms with Crippen LogP contribution in [-0.4, -0.2) is 44.6 Å². The highest BCUT2D eigenvalue weighted by Gasteiger charge is 2.42. The molecule has 94 valence electrons. The zero-order valence-electron chi connectivity index (χ0n) is 10.1. The van der Waals surface area contributed by atoms with E-state index in [9.17, 15) is 13.2 Å². The van der Waals surface area contributed by atoms with Crippen LogP contribution in [0.2, 0.25) is 0 Å². The smallest absolute Gasteiger partial charge is 0.310 e. The number of ether oxygens (including phenoxy) is 1. The molecule has 0 aromatic heterocycles. The van der Waals surface area contributed by atoms with Crippen molar-refractivity contribution in [3.8, 4) is 0 Å². The number of hydrogen-bond acceptors (Lipinski definition) is 4. The Hall–Kier alpha value is -0.620. The molecule has 1 rings (SSSR count). The van der Waals surface area contributed by atoms with E-state index in [1.165, 1.54) is 17.7 Å². The summed E-state index contributed by atoms with van der Waals surface area (Å²) in [5.41, 5.74) is 0. The Kier molecular flexibility index (Phi) is 3.96. The van der Waals surface area contributed by atoms with Crippen LogP contribution >= 0.6 is 0 Å². The number of sulfonamides is 1. The van der Waals surface area contributed by atoms with E-state index < -0.39 is 10.0 Å². The summed E-state index contributed by atoms with van der Waals surface area (Å²) in [7, 11) is -1.92. The summed E-state index contributed by atoms with van der Waals surface area (Å²) in [4.78, 5) is 11.4. The van der Waals surface area contributed by atoms with Gasteiger partial charge in [0.15, 0.2) is 0 Å². The highest BCUT2D eigenvalue weighted by Crippen LogP contribution is 2.30. The highest BCUT2D eigenvalue weighted by molar-refractivity contribution is 7.88. The van der Waals surface area contributed by atoms with Crippen molar-refractivity contribution in [3.05, 3.63) is 0 Å². The van der Waals surface area contributed by atoms with Crippen LogP contribution in [0.3, 0.4) is 0 Å². The third-order valence-electron chi connectivity index (χ3n) is 3.03. The lowest BCUT2D eigenvalue weighted by Gasteiger charge is -2.24. The van der Waals surface area contributed by atoms with E-state index in [4.69, 9.17) is 0 Å². The SMILES string of the molecule is COC(=O)[C@@H]1C[C@@H](C(C)C)N(S(C)(=O)=O)C1. The first-order valence-electron chi connectivity index (χ1n) is 5.32. The van der Waals surface area contributed by atoms with Gasteiger partial charge < -0.3 is 4.74 Å². The van der Waals surface area contributed by atoms with E-state index in [-0.39, 0.29) is 30.4 Å². The summed E-state index contributed by atoms with van der Waals surface area (Å²) in [6, 6.07) is -0.0981. The lowest BCUT2D eigenvalue weighted by Crippen LogP contribution is -2.38. The van der Waals surface area contributed by atoms with Crippen molar-refractivity contribution in [2.45, 2.75) is 26.3 Å². The molecule has 0 aliphatic carbocycles. The molecular weight excluding hydrogens is 230 g/mol. The first-order valence-corrected chi connectivity index (χ1v) is 7.16. The van der Waals surface area contributed by atoms with Crippen molar-refractivity contribution in [3.63, 3.8) is 0 Å². The topological polar surface area (TPSA) is 63.7 Å². The van der Waals surface area contributed by atoms with Crippen molar-refractivity contribution >= 4 is 16.0 Å². The van der Waals surface area contributed by atoms with Crippen molar-refractivity contribution in [2.75, 3.05) is 19.9 Å². The summed E-state index contributed by atoms with van der Waals surface area (Å²) in [6.07, 6.45) is 1.74. The molecule has 0 unspecified atom stereocenters. The maximum absolute atomic E-state index is 11.6. The Labute approximate surface area is 96.8 Å². The van der Waals surface area contributed by atoms with Crippen LogP contribution in [0.1, 0.15) is 20.3 Å². The minimum absolute atomic E-state index is 0.0981. The molecule has 0 saturated carbocycles. The van der Waals surface area contributed by atoms with Crippen LogP contribution in [0.5, 0.6) is 0 Å². The lowest BCUT2D eigenvalue weighted by molar-refractivity contribution is -0.144. The van der Waals surface area contributed by atoms with Gasteiger partial charge in [0.1, 0.15) is 0 Å². The van der Waals surface area contributed by atoms with Crippen LogP contribution in [0, 0.1) is 11.8 Å². The molecule has 0 amide bonds. The first kappa shape index (κ1) is 13.4. The fraction of sp³-hybridized carbons (Fsp3) is 0.900. The average molecular weight is 249 g/mol. The van der Waals surface area contributed by atoms with Gasteiger partial charge in [0.25, 0.3) is 0 Å². The van der Waals surface area contributed by atoms with Gasteiger partial charge in [-0.2, -0.15) is 4.31 Å². The fourth-order valence-electron chi connectivity index (χ4n) is 2.16. The predicted octanol–water partition coefficient (Wildman–Crippen LogP) is 0.466. The van der Waals surface area contributed by atoms with E-state index in [0.717, 1.165) is 0 Å². The van der Waals surface area contributed by atoms with Crippen molar-refractivity contribution < 1.29 is 17.9 Å². The number of carbonyl (C=O) groups excluding carboxylic acids is 1. The molecule has 1 aliphatic rings. The number of methoxy groups -OCH3 is 1. The second kappa shape index (κ2) is 4.71. The molecule has 2 atom stereocenters. The number of rotatable bonds is 3. The summed E-state index contributed by atoms with van der Waals surface area (Å²) < 4.78 is 29.2. The third kappa shape index (κ3) is 2.74. The van der Waals surface area contributed by atoms with E-state index in [0.29, 0.717) is 6.42 Å². The molecule has 0 bridgehead atoms. The van der Waals surface area contributed by atoms with Gasteiger partial charge in [-0.1, -0.05) is 13.8 Å². The molecule has 1 fully saturated rings. The molecule has 1 aliphatic heterocycles.